The van der Waals surface area contributed by atoms with Crippen molar-refractivity contribution in [1.82, 2.24) is 30.4 Å². The van der Waals surface area contributed by atoms with Gasteiger partial charge in [-0.05, 0) is 68.7 Å². The summed E-state index contributed by atoms with van der Waals surface area (Å²) in [6, 6.07) is 5.99. The molecule has 1 aliphatic heterocycles. The van der Waals surface area contributed by atoms with E-state index in [0.29, 0.717) is 22.6 Å². The van der Waals surface area contributed by atoms with Crippen LogP contribution in [0.25, 0.3) is 11.0 Å². The van der Waals surface area contributed by atoms with Crippen molar-refractivity contribution in [2.24, 2.45) is 11.8 Å². The number of nitrogens with one attached hydrogen (secondary N) is 3. The number of carbonyl (C=O) groups excluding carboxylic acids is 2. The van der Waals surface area contributed by atoms with Gasteiger partial charge in [0.1, 0.15) is 24.2 Å². The number of benzene rings is 1. The van der Waals surface area contributed by atoms with Crippen LogP contribution in [0.1, 0.15) is 98.8 Å². The van der Waals surface area contributed by atoms with E-state index in [4.69, 9.17) is 9.72 Å². The van der Waals surface area contributed by atoms with Gasteiger partial charge in [-0.25, -0.2) is 22.5 Å². The highest BCUT2D eigenvalue weighted by Crippen LogP contribution is 2.45. The maximum absolute atomic E-state index is 13.9. The van der Waals surface area contributed by atoms with Crippen molar-refractivity contribution in [3.8, 4) is 0 Å². The van der Waals surface area contributed by atoms with Crippen LogP contribution < -0.4 is 10.6 Å². The highest BCUT2D eigenvalue weighted by molar-refractivity contribution is 5.93. The molecular formula is C30H36F4N6O3. The number of alkyl halides is 4. The van der Waals surface area contributed by atoms with E-state index in [1.807, 2.05) is 26.0 Å². The molecule has 6 rings (SSSR count). The minimum Gasteiger partial charge on any atom is -0.369 e. The Morgan fingerprint density at radius 3 is 2.49 bits per heavy atom. The Hall–Kier alpha value is -3.48. The Balaban J connectivity index is 1.24. The predicted octanol–water partition coefficient (Wildman–Crippen LogP) is 5.63. The number of halogens is 4. The Labute approximate surface area is 246 Å². The zero-order chi connectivity index (χ0) is 30.5. The van der Waals surface area contributed by atoms with E-state index >= 15 is 0 Å². The number of ether oxygens (including phenoxy) is 1. The normalized spacial score (nSPS) is 23.1. The minimum atomic E-state index is -2.94. The lowest BCUT2D eigenvalue weighted by atomic mass is 9.79. The topological polar surface area (TPSA) is 114 Å². The minimum absolute atomic E-state index is 0.0202. The largest absolute Gasteiger partial charge is 0.369 e. The standard InChI is InChI=1S/C30H36F4N6O3/c1-16(2)40-22(8-10-35-40)28(42)39-26(23-7-9-29(31,32)15-43-23)27-36-20-6-5-19(12-21(20)37-27)25(18-3-4-18)38-24(41)11-17-13-30(33,34)14-17/h5-6,8,10,12,16-18,23,25-26H,3-4,7,9,11,13-15H2,1-2H3,(H,36,37)(H,38,41)(H,39,42)/t23?,25-,26+/m1/s1. The molecule has 2 aliphatic carbocycles. The van der Waals surface area contributed by atoms with Gasteiger partial charge in [-0.2, -0.15) is 5.10 Å². The SMILES string of the molecule is CC(C)n1nccc1C(=O)N[C@H](c1nc2ccc([C@H](NC(=O)CC3CC(F)(F)C3)C3CC3)cc2[nH]1)C1CCC(F)(F)CO1. The van der Waals surface area contributed by atoms with Crippen molar-refractivity contribution in [2.75, 3.05) is 6.61 Å². The predicted molar refractivity (Wildman–Crippen MR) is 149 cm³/mol. The fraction of sp³-hybridized carbons (Fsp3) is 0.600. The Bertz CT molecular complexity index is 1480. The molecule has 0 spiro atoms. The van der Waals surface area contributed by atoms with Crippen LogP contribution in [-0.4, -0.2) is 56.1 Å². The molecule has 1 saturated heterocycles. The molecule has 3 heterocycles. The van der Waals surface area contributed by atoms with Crippen molar-refractivity contribution < 1.29 is 31.9 Å². The van der Waals surface area contributed by atoms with E-state index in [1.165, 1.54) is 6.20 Å². The number of carbonyl (C=O) groups is 2. The first kappa shape index (κ1) is 29.6. The number of aromatic nitrogens is 4. The molecule has 3 N–H and O–H groups in total. The lowest BCUT2D eigenvalue weighted by Crippen LogP contribution is -2.44. The van der Waals surface area contributed by atoms with Gasteiger partial charge in [0.05, 0.1) is 23.2 Å². The Morgan fingerprint density at radius 2 is 1.84 bits per heavy atom. The maximum Gasteiger partial charge on any atom is 0.271 e. The smallest absolute Gasteiger partial charge is 0.271 e. The van der Waals surface area contributed by atoms with Crippen molar-refractivity contribution in [2.45, 2.75) is 94.9 Å². The van der Waals surface area contributed by atoms with Gasteiger partial charge in [0.15, 0.2) is 0 Å². The average Bonchev–Trinajstić information content (AvgIpc) is 3.47. The van der Waals surface area contributed by atoms with Crippen LogP contribution in [0.15, 0.2) is 30.5 Å². The van der Waals surface area contributed by atoms with Crippen LogP contribution in [0.3, 0.4) is 0 Å². The number of aromatic amines is 1. The molecular weight excluding hydrogens is 568 g/mol. The van der Waals surface area contributed by atoms with Crippen LogP contribution in [0.2, 0.25) is 0 Å². The first-order valence-corrected chi connectivity index (χ1v) is 14.9. The molecule has 0 radical (unpaired) electrons. The third-order valence-corrected chi connectivity index (χ3v) is 8.59. The van der Waals surface area contributed by atoms with Crippen molar-refractivity contribution in [3.63, 3.8) is 0 Å². The third kappa shape index (κ3) is 6.56. The van der Waals surface area contributed by atoms with E-state index in [9.17, 15) is 27.2 Å². The molecule has 2 aromatic heterocycles. The molecule has 3 fully saturated rings. The van der Waals surface area contributed by atoms with E-state index in [-0.39, 0.29) is 61.9 Å². The molecule has 3 aromatic rings. The van der Waals surface area contributed by atoms with Crippen LogP contribution in [0.5, 0.6) is 0 Å². The summed E-state index contributed by atoms with van der Waals surface area (Å²) < 4.78 is 61.5. The summed E-state index contributed by atoms with van der Waals surface area (Å²) >= 11 is 0. The number of hydrogen-bond acceptors (Lipinski definition) is 5. The van der Waals surface area contributed by atoms with E-state index < -0.39 is 36.5 Å². The summed E-state index contributed by atoms with van der Waals surface area (Å²) in [5.41, 5.74) is 2.43. The number of amides is 2. The van der Waals surface area contributed by atoms with Gasteiger partial charge < -0.3 is 20.4 Å². The van der Waals surface area contributed by atoms with Gasteiger partial charge in [0, 0.05) is 37.9 Å². The van der Waals surface area contributed by atoms with E-state index in [0.717, 1.165) is 18.4 Å². The number of imidazole rings is 1. The molecule has 13 heteroatoms. The Morgan fingerprint density at radius 1 is 1.07 bits per heavy atom. The van der Waals surface area contributed by atoms with Crippen LogP contribution in [0.4, 0.5) is 17.6 Å². The number of H-pyrrole nitrogens is 1. The average molecular weight is 605 g/mol. The van der Waals surface area contributed by atoms with Gasteiger partial charge in [0.2, 0.25) is 11.8 Å². The van der Waals surface area contributed by atoms with Crippen LogP contribution in [-0.2, 0) is 9.53 Å². The summed E-state index contributed by atoms with van der Waals surface area (Å²) in [5.74, 6) is -5.96. The fourth-order valence-corrected chi connectivity index (χ4v) is 6.17. The number of rotatable bonds is 10. The summed E-state index contributed by atoms with van der Waals surface area (Å²) in [6.45, 7) is 3.04. The summed E-state index contributed by atoms with van der Waals surface area (Å²) in [4.78, 5) is 34.0. The van der Waals surface area contributed by atoms with Crippen LogP contribution >= 0.6 is 0 Å². The van der Waals surface area contributed by atoms with E-state index in [2.05, 4.69) is 20.7 Å². The van der Waals surface area contributed by atoms with Crippen LogP contribution in [0, 0.1) is 11.8 Å². The molecule has 232 valence electrons. The van der Waals surface area contributed by atoms with Crippen molar-refractivity contribution >= 4 is 22.8 Å². The van der Waals surface area contributed by atoms with Gasteiger partial charge >= 0.3 is 0 Å². The van der Waals surface area contributed by atoms with Gasteiger partial charge in [0.25, 0.3) is 11.8 Å². The van der Waals surface area contributed by atoms with Crippen molar-refractivity contribution in [3.05, 3.63) is 47.5 Å². The number of fused-ring (bicyclic) bond motifs is 1. The highest BCUT2D eigenvalue weighted by atomic mass is 19.3. The molecule has 2 saturated carbocycles. The molecule has 1 unspecified atom stereocenters. The summed E-state index contributed by atoms with van der Waals surface area (Å²) in [6.07, 6.45) is 1.90. The molecule has 0 bridgehead atoms. The summed E-state index contributed by atoms with van der Waals surface area (Å²) in [5, 5.41) is 10.2. The zero-order valence-electron chi connectivity index (χ0n) is 24.1. The first-order chi connectivity index (χ1) is 20.4. The maximum atomic E-state index is 13.9. The lowest BCUT2D eigenvalue weighted by molar-refractivity contribution is -0.151. The second-order valence-electron chi connectivity index (χ2n) is 12.6. The second kappa shape index (κ2) is 11.2. The quantitative estimate of drug-likeness (QED) is 0.260. The Kier molecular flexibility index (Phi) is 7.72. The molecule has 1 aromatic carbocycles. The highest BCUT2D eigenvalue weighted by Gasteiger charge is 2.46. The molecule has 9 nitrogen and oxygen atoms in total. The van der Waals surface area contributed by atoms with Gasteiger partial charge in [-0.15, -0.1) is 0 Å². The second-order valence-corrected chi connectivity index (χ2v) is 12.6. The van der Waals surface area contributed by atoms with Gasteiger partial charge in [-0.1, -0.05) is 6.07 Å². The van der Waals surface area contributed by atoms with Crippen molar-refractivity contribution in [1.29, 1.82) is 0 Å². The lowest BCUT2D eigenvalue weighted by Gasteiger charge is -2.34. The fourth-order valence-electron chi connectivity index (χ4n) is 6.17. The molecule has 3 aliphatic rings. The molecule has 2 amide bonds. The zero-order valence-corrected chi connectivity index (χ0v) is 24.1. The first-order valence-electron chi connectivity index (χ1n) is 14.9. The van der Waals surface area contributed by atoms with E-state index in [1.54, 1.807) is 16.8 Å². The summed E-state index contributed by atoms with van der Waals surface area (Å²) in [7, 11) is 0. The number of hydrogen-bond donors (Lipinski definition) is 3. The third-order valence-electron chi connectivity index (χ3n) is 8.59. The van der Waals surface area contributed by atoms with Gasteiger partial charge in [-0.3, -0.25) is 14.3 Å². The molecule has 3 atom stereocenters. The monoisotopic (exact) mass is 604 g/mol. The number of nitrogens with zero attached hydrogens (tertiary/aromatic N) is 3. The molecule has 43 heavy (non-hydrogen) atoms.